The number of amides is 1. The Morgan fingerprint density at radius 1 is 1.46 bits per heavy atom. The van der Waals surface area contributed by atoms with Gasteiger partial charge in [-0.3, -0.25) is 14.9 Å². The van der Waals surface area contributed by atoms with Crippen molar-refractivity contribution >= 4 is 28.6 Å². The third-order valence-corrected chi connectivity index (χ3v) is 4.67. The fourth-order valence-electron chi connectivity index (χ4n) is 2.29. The zero-order valence-electron chi connectivity index (χ0n) is 13.2. The Kier molecular flexibility index (Phi) is 4.75. The molecule has 0 spiro atoms. The van der Waals surface area contributed by atoms with Gasteiger partial charge in [0.25, 0.3) is 11.6 Å². The molecule has 8 heteroatoms. The molecule has 1 aromatic carbocycles. The quantitative estimate of drug-likeness (QED) is 0.593. The molecule has 0 unspecified atom stereocenters. The second-order valence-electron chi connectivity index (χ2n) is 5.78. The van der Waals surface area contributed by atoms with Crippen LogP contribution < -0.4 is 10.6 Å². The molecule has 1 amide bonds. The summed E-state index contributed by atoms with van der Waals surface area (Å²) in [5.74, 6) is -0.259. The molecule has 0 radical (unpaired) electrons. The van der Waals surface area contributed by atoms with Gasteiger partial charge in [-0.2, -0.15) is 0 Å². The summed E-state index contributed by atoms with van der Waals surface area (Å²) in [7, 11) is 0. The summed E-state index contributed by atoms with van der Waals surface area (Å²) in [4.78, 5) is 28.3. The van der Waals surface area contributed by atoms with E-state index in [1.165, 1.54) is 6.07 Å². The maximum absolute atomic E-state index is 12.0. The van der Waals surface area contributed by atoms with Gasteiger partial charge in [-0.15, -0.1) is 11.3 Å². The third-order valence-electron chi connectivity index (χ3n) is 3.69. The van der Waals surface area contributed by atoms with Gasteiger partial charge in [0.05, 0.1) is 9.93 Å². The average Bonchev–Trinajstić information content (AvgIpc) is 3.27. The molecule has 1 fully saturated rings. The van der Waals surface area contributed by atoms with Crippen LogP contribution in [0.3, 0.4) is 0 Å². The number of anilines is 1. The number of nitro benzene ring substituents is 1. The van der Waals surface area contributed by atoms with Crippen LogP contribution in [0.15, 0.2) is 24.4 Å². The number of hydrogen-bond donors (Lipinski definition) is 2. The van der Waals surface area contributed by atoms with Crippen LogP contribution in [0.1, 0.15) is 33.1 Å². The molecule has 0 aliphatic heterocycles. The van der Waals surface area contributed by atoms with Crippen LogP contribution in [0.2, 0.25) is 0 Å². The van der Waals surface area contributed by atoms with Crippen molar-refractivity contribution in [1.82, 2.24) is 10.3 Å². The van der Waals surface area contributed by atoms with Crippen LogP contribution in [0.5, 0.6) is 0 Å². The minimum Gasteiger partial charge on any atom is -0.379 e. The Morgan fingerprint density at radius 3 is 2.88 bits per heavy atom. The van der Waals surface area contributed by atoms with Gasteiger partial charge in [0.1, 0.15) is 5.69 Å². The van der Waals surface area contributed by atoms with E-state index in [2.05, 4.69) is 15.6 Å². The highest BCUT2D eigenvalue weighted by Gasteiger charge is 2.25. The number of benzene rings is 1. The van der Waals surface area contributed by atoms with E-state index in [1.54, 1.807) is 23.5 Å². The number of hydrogen-bond acceptors (Lipinski definition) is 6. The van der Waals surface area contributed by atoms with Crippen LogP contribution in [0, 0.1) is 17.0 Å². The minimum atomic E-state index is -0.468. The van der Waals surface area contributed by atoms with Crippen molar-refractivity contribution in [2.24, 2.45) is 0 Å². The Labute approximate surface area is 143 Å². The number of aromatic nitrogens is 1. The molecule has 1 aliphatic carbocycles. The maximum atomic E-state index is 12.0. The first-order chi connectivity index (χ1) is 11.5. The van der Waals surface area contributed by atoms with Crippen LogP contribution in [0.4, 0.5) is 11.4 Å². The van der Waals surface area contributed by atoms with Crippen molar-refractivity contribution in [2.75, 3.05) is 11.9 Å². The molecule has 1 heterocycles. The first kappa shape index (κ1) is 16.4. The van der Waals surface area contributed by atoms with E-state index >= 15 is 0 Å². The summed E-state index contributed by atoms with van der Waals surface area (Å²) in [6, 6.07) is 4.75. The highest BCUT2D eigenvalue weighted by atomic mass is 32.1. The van der Waals surface area contributed by atoms with E-state index in [4.69, 9.17) is 0 Å². The predicted octanol–water partition coefficient (Wildman–Crippen LogP) is 2.91. The molecule has 0 atom stereocenters. The number of nitro groups is 1. The van der Waals surface area contributed by atoms with Crippen molar-refractivity contribution in [3.8, 4) is 0 Å². The van der Waals surface area contributed by atoms with E-state index < -0.39 is 4.92 Å². The molecular formula is C16H18N4O3S. The molecule has 1 aromatic heterocycles. The highest BCUT2D eigenvalue weighted by Crippen LogP contribution is 2.26. The lowest BCUT2D eigenvalue weighted by Gasteiger charge is -2.08. The van der Waals surface area contributed by atoms with Crippen molar-refractivity contribution < 1.29 is 9.72 Å². The summed E-state index contributed by atoms with van der Waals surface area (Å²) < 4.78 is 0. The summed E-state index contributed by atoms with van der Waals surface area (Å²) in [5, 5.41) is 18.2. The van der Waals surface area contributed by atoms with Crippen molar-refractivity contribution in [3.05, 3.63) is 50.0 Å². The van der Waals surface area contributed by atoms with Gasteiger partial charge < -0.3 is 10.6 Å². The Morgan fingerprint density at radius 2 is 2.25 bits per heavy atom. The number of aryl methyl sites for hydroxylation is 1. The van der Waals surface area contributed by atoms with Crippen molar-refractivity contribution in [2.45, 2.75) is 32.2 Å². The van der Waals surface area contributed by atoms with Crippen LogP contribution in [-0.2, 0) is 6.42 Å². The predicted molar refractivity (Wildman–Crippen MR) is 92.6 cm³/mol. The Bertz CT molecular complexity index is 770. The molecule has 0 saturated heterocycles. The number of thiazole rings is 1. The second kappa shape index (κ2) is 6.96. The number of carbonyl (C=O) groups is 1. The van der Waals surface area contributed by atoms with Gasteiger partial charge in [0, 0.05) is 41.7 Å². The van der Waals surface area contributed by atoms with E-state index in [-0.39, 0.29) is 17.6 Å². The fourth-order valence-corrected chi connectivity index (χ4v) is 3.08. The lowest BCUT2D eigenvalue weighted by molar-refractivity contribution is -0.384. The minimum absolute atomic E-state index is 0.0891. The van der Waals surface area contributed by atoms with Crippen molar-refractivity contribution in [3.63, 3.8) is 0 Å². The second-order valence-corrected chi connectivity index (χ2v) is 7.10. The summed E-state index contributed by atoms with van der Waals surface area (Å²) >= 11 is 1.61. The topological polar surface area (TPSA) is 97.2 Å². The SMILES string of the molecule is Cc1cnc(CCNc2ccc(C(=O)NC3CC3)cc2[N+](=O)[O-])s1. The van der Waals surface area contributed by atoms with E-state index in [0.717, 1.165) is 22.7 Å². The van der Waals surface area contributed by atoms with Gasteiger partial charge >= 0.3 is 0 Å². The van der Waals surface area contributed by atoms with Gasteiger partial charge in [0.15, 0.2) is 0 Å². The normalized spacial score (nSPS) is 13.5. The molecule has 7 nitrogen and oxygen atoms in total. The molecule has 24 heavy (non-hydrogen) atoms. The van der Waals surface area contributed by atoms with Crippen molar-refractivity contribution in [1.29, 1.82) is 0 Å². The number of rotatable bonds is 7. The van der Waals surface area contributed by atoms with Gasteiger partial charge in [0.2, 0.25) is 0 Å². The standard InChI is InChI=1S/C16H18N4O3S/c1-10-9-18-15(24-10)6-7-17-13-5-2-11(8-14(13)20(22)23)16(21)19-12-3-4-12/h2,5,8-9,12,17H,3-4,6-7H2,1H3,(H,19,21). The molecular weight excluding hydrogens is 328 g/mol. The molecule has 1 saturated carbocycles. The average molecular weight is 346 g/mol. The van der Waals surface area contributed by atoms with Gasteiger partial charge in [-0.25, -0.2) is 4.98 Å². The highest BCUT2D eigenvalue weighted by molar-refractivity contribution is 7.11. The first-order valence-corrected chi connectivity index (χ1v) is 8.59. The number of nitrogens with one attached hydrogen (secondary N) is 2. The maximum Gasteiger partial charge on any atom is 0.293 e. The summed E-state index contributed by atoms with van der Waals surface area (Å²) in [5.41, 5.74) is 0.639. The van der Waals surface area contributed by atoms with Gasteiger partial charge in [-0.05, 0) is 31.9 Å². The zero-order chi connectivity index (χ0) is 17.1. The number of carbonyl (C=O) groups excluding carboxylic acids is 1. The number of nitrogens with zero attached hydrogens (tertiary/aromatic N) is 2. The Hall–Kier alpha value is -2.48. The van der Waals surface area contributed by atoms with E-state index in [9.17, 15) is 14.9 Å². The van der Waals surface area contributed by atoms with Crippen LogP contribution in [0.25, 0.3) is 0 Å². The molecule has 3 rings (SSSR count). The lowest BCUT2D eigenvalue weighted by atomic mass is 10.1. The first-order valence-electron chi connectivity index (χ1n) is 7.77. The smallest absolute Gasteiger partial charge is 0.293 e. The lowest BCUT2D eigenvalue weighted by Crippen LogP contribution is -2.25. The monoisotopic (exact) mass is 346 g/mol. The Balaban J connectivity index is 1.67. The molecule has 2 aromatic rings. The van der Waals surface area contributed by atoms with Crippen LogP contribution >= 0.6 is 11.3 Å². The summed E-state index contributed by atoms with van der Waals surface area (Å²) in [6.07, 6.45) is 4.46. The van der Waals surface area contributed by atoms with E-state index in [1.807, 2.05) is 13.1 Å². The van der Waals surface area contributed by atoms with E-state index in [0.29, 0.717) is 24.2 Å². The largest absolute Gasteiger partial charge is 0.379 e. The fraction of sp³-hybridized carbons (Fsp3) is 0.375. The molecule has 0 bridgehead atoms. The molecule has 1 aliphatic rings. The van der Waals surface area contributed by atoms with Crippen LogP contribution in [-0.4, -0.2) is 28.4 Å². The molecule has 2 N–H and O–H groups in total. The molecule has 126 valence electrons. The zero-order valence-corrected chi connectivity index (χ0v) is 14.1. The summed E-state index contributed by atoms with van der Waals surface area (Å²) in [6.45, 7) is 2.53. The third kappa shape index (κ3) is 4.08. The van der Waals surface area contributed by atoms with Gasteiger partial charge in [-0.1, -0.05) is 0 Å².